The second-order valence-electron chi connectivity index (χ2n) is 5.90. The molecule has 1 heterocycles. The summed E-state index contributed by atoms with van der Waals surface area (Å²) >= 11 is 0. The van der Waals surface area contributed by atoms with E-state index >= 15 is 0 Å². The molecule has 0 saturated carbocycles. The second kappa shape index (κ2) is 8.92. The van der Waals surface area contributed by atoms with E-state index in [4.69, 9.17) is 10.00 Å². The predicted molar refractivity (Wildman–Crippen MR) is 90.3 cm³/mol. The molecule has 0 aromatic heterocycles. The first kappa shape index (κ1) is 17.8. The Labute approximate surface area is 142 Å². The number of urea groups is 1. The number of hydrogen-bond donors (Lipinski definition) is 1. The van der Waals surface area contributed by atoms with Gasteiger partial charge in [-0.3, -0.25) is 9.69 Å². The lowest BCUT2D eigenvalue weighted by Crippen LogP contribution is -2.40. The maximum Gasteiger partial charge on any atom is 0.322 e. The summed E-state index contributed by atoms with van der Waals surface area (Å²) in [6.07, 6.45) is 3.21. The first-order chi connectivity index (χ1) is 11.7. The van der Waals surface area contributed by atoms with Crippen molar-refractivity contribution in [2.75, 3.05) is 18.6 Å². The number of methoxy groups -OCH3 is 1. The summed E-state index contributed by atoms with van der Waals surface area (Å²) < 4.78 is 4.82. The molecule has 1 aliphatic heterocycles. The summed E-state index contributed by atoms with van der Waals surface area (Å²) in [5, 5.41) is 11.5. The van der Waals surface area contributed by atoms with Crippen LogP contribution in [0.3, 0.4) is 0 Å². The van der Waals surface area contributed by atoms with E-state index in [2.05, 4.69) is 11.4 Å². The fourth-order valence-corrected chi connectivity index (χ4v) is 3.13. The minimum atomic E-state index is -0.271. The molecule has 2 unspecified atom stereocenters. The minimum Gasteiger partial charge on any atom is -0.469 e. The van der Waals surface area contributed by atoms with Crippen molar-refractivity contribution in [1.29, 1.82) is 5.26 Å². The molecule has 6 nitrogen and oxygen atoms in total. The van der Waals surface area contributed by atoms with E-state index < -0.39 is 0 Å². The highest BCUT2D eigenvalue weighted by Crippen LogP contribution is 2.29. The summed E-state index contributed by atoms with van der Waals surface area (Å²) in [6.45, 7) is 0.508. The van der Waals surface area contributed by atoms with Crippen molar-refractivity contribution in [3.63, 3.8) is 0 Å². The number of para-hydroxylation sites is 1. The van der Waals surface area contributed by atoms with Gasteiger partial charge in [0.25, 0.3) is 0 Å². The Morgan fingerprint density at radius 3 is 2.83 bits per heavy atom. The Bertz CT molecular complexity index is 597. The Hall–Kier alpha value is -2.55. The Balaban J connectivity index is 2.14. The van der Waals surface area contributed by atoms with E-state index in [1.165, 1.54) is 7.11 Å². The second-order valence-corrected chi connectivity index (χ2v) is 5.90. The van der Waals surface area contributed by atoms with Crippen LogP contribution in [0.4, 0.5) is 10.5 Å². The van der Waals surface area contributed by atoms with Crippen molar-refractivity contribution in [2.24, 2.45) is 5.92 Å². The molecule has 0 bridgehead atoms. The van der Waals surface area contributed by atoms with Gasteiger partial charge in [-0.05, 0) is 30.9 Å². The highest BCUT2D eigenvalue weighted by Gasteiger charge is 2.38. The zero-order valence-corrected chi connectivity index (χ0v) is 13.9. The number of esters is 1. The summed E-state index contributed by atoms with van der Waals surface area (Å²) in [5.41, 5.74) is 0.824. The van der Waals surface area contributed by atoms with Crippen molar-refractivity contribution >= 4 is 17.7 Å². The standard InChI is InChI=1S/C18H23N3O3/c1-24-17(22)12-14(8-4-3-7-11-19)16-13-20-18(23)21(16)15-9-5-2-6-10-15/h2,5-6,9-10,14,16H,3-4,7-8,12-13H2,1H3,(H,20,23). The van der Waals surface area contributed by atoms with Gasteiger partial charge in [-0.25, -0.2) is 4.79 Å². The number of nitrogens with one attached hydrogen (secondary N) is 1. The number of benzene rings is 1. The molecule has 2 amide bonds. The zero-order chi connectivity index (χ0) is 17.4. The van der Waals surface area contributed by atoms with Crippen molar-refractivity contribution < 1.29 is 14.3 Å². The molecule has 1 fully saturated rings. The number of unbranched alkanes of at least 4 members (excludes halogenated alkanes) is 2. The number of nitrogens with zero attached hydrogens (tertiary/aromatic N) is 2. The van der Waals surface area contributed by atoms with Gasteiger partial charge >= 0.3 is 12.0 Å². The number of anilines is 1. The van der Waals surface area contributed by atoms with E-state index in [0.717, 1.165) is 24.9 Å². The number of amides is 2. The average Bonchev–Trinajstić information content (AvgIpc) is 2.99. The molecule has 0 radical (unpaired) electrons. The van der Waals surface area contributed by atoms with Gasteiger partial charge in [-0.2, -0.15) is 5.26 Å². The monoisotopic (exact) mass is 329 g/mol. The number of ether oxygens (including phenoxy) is 1. The smallest absolute Gasteiger partial charge is 0.322 e. The zero-order valence-electron chi connectivity index (χ0n) is 13.9. The molecular formula is C18H23N3O3. The summed E-state index contributed by atoms with van der Waals surface area (Å²) in [7, 11) is 1.38. The largest absolute Gasteiger partial charge is 0.469 e. The third-order valence-corrected chi connectivity index (χ3v) is 4.36. The molecule has 2 atom stereocenters. The third kappa shape index (κ3) is 4.48. The van der Waals surface area contributed by atoms with Crippen molar-refractivity contribution in [1.82, 2.24) is 5.32 Å². The van der Waals surface area contributed by atoms with Crippen LogP contribution in [0.2, 0.25) is 0 Å². The van der Waals surface area contributed by atoms with E-state index in [0.29, 0.717) is 13.0 Å². The first-order valence-corrected chi connectivity index (χ1v) is 8.23. The van der Waals surface area contributed by atoms with Crippen LogP contribution in [0.15, 0.2) is 30.3 Å². The van der Waals surface area contributed by atoms with Crippen LogP contribution in [0.25, 0.3) is 0 Å². The summed E-state index contributed by atoms with van der Waals surface area (Å²) in [6, 6.07) is 11.4. The fraction of sp³-hybridized carbons (Fsp3) is 0.500. The molecule has 2 rings (SSSR count). The molecule has 1 aromatic rings. The van der Waals surface area contributed by atoms with Gasteiger partial charge < -0.3 is 10.1 Å². The van der Waals surface area contributed by atoms with Gasteiger partial charge in [0.15, 0.2) is 0 Å². The number of hydrogen-bond acceptors (Lipinski definition) is 4. The van der Waals surface area contributed by atoms with Crippen molar-refractivity contribution in [3.8, 4) is 6.07 Å². The fourth-order valence-electron chi connectivity index (χ4n) is 3.13. The molecule has 0 aliphatic carbocycles. The van der Waals surface area contributed by atoms with Crippen LogP contribution >= 0.6 is 0 Å². The normalized spacial score (nSPS) is 17.9. The first-order valence-electron chi connectivity index (χ1n) is 8.23. The van der Waals surface area contributed by atoms with Crippen molar-refractivity contribution in [3.05, 3.63) is 30.3 Å². The molecule has 1 aliphatic rings. The van der Waals surface area contributed by atoms with Crippen LogP contribution in [0.5, 0.6) is 0 Å². The van der Waals surface area contributed by atoms with E-state index in [1.807, 2.05) is 30.3 Å². The van der Waals surface area contributed by atoms with Gasteiger partial charge in [-0.1, -0.05) is 24.6 Å². The Kier molecular flexibility index (Phi) is 6.62. The average molecular weight is 329 g/mol. The lowest BCUT2D eigenvalue weighted by molar-refractivity contribution is -0.141. The van der Waals surface area contributed by atoms with Gasteiger partial charge in [0.2, 0.25) is 0 Å². The number of rotatable bonds is 8. The van der Waals surface area contributed by atoms with Gasteiger partial charge in [0.05, 0.1) is 25.6 Å². The SMILES string of the molecule is COC(=O)CC(CCCCC#N)C1CNC(=O)N1c1ccccc1. The van der Waals surface area contributed by atoms with E-state index in [9.17, 15) is 9.59 Å². The maximum absolute atomic E-state index is 12.3. The van der Waals surface area contributed by atoms with Gasteiger partial charge in [-0.15, -0.1) is 0 Å². The predicted octanol–water partition coefficient (Wildman–Crippen LogP) is 2.85. The molecule has 1 aromatic carbocycles. The number of nitriles is 1. The molecule has 128 valence electrons. The lowest BCUT2D eigenvalue weighted by Gasteiger charge is -2.30. The summed E-state index contributed by atoms with van der Waals surface area (Å²) in [4.78, 5) is 25.8. The highest BCUT2D eigenvalue weighted by molar-refractivity contribution is 5.95. The number of carbonyl (C=O) groups is 2. The topological polar surface area (TPSA) is 82.4 Å². The maximum atomic E-state index is 12.3. The van der Waals surface area contributed by atoms with E-state index in [-0.39, 0.29) is 30.4 Å². The Morgan fingerprint density at radius 2 is 2.17 bits per heavy atom. The quantitative estimate of drug-likeness (QED) is 0.587. The van der Waals surface area contributed by atoms with Crippen LogP contribution < -0.4 is 10.2 Å². The molecule has 1 N–H and O–H groups in total. The molecule has 6 heteroatoms. The van der Waals surface area contributed by atoms with Crippen LogP contribution in [-0.2, 0) is 9.53 Å². The molecular weight excluding hydrogens is 306 g/mol. The van der Waals surface area contributed by atoms with Gasteiger partial charge in [0, 0.05) is 18.7 Å². The summed E-state index contributed by atoms with van der Waals surface area (Å²) in [5.74, 6) is -0.275. The molecule has 24 heavy (non-hydrogen) atoms. The third-order valence-electron chi connectivity index (χ3n) is 4.36. The molecule has 0 spiro atoms. The van der Waals surface area contributed by atoms with Crippen LogP contribution in [-0.4, -0.2) is 31.7 Å². The van der Waals surface area contributed by atoms with Crippen molar-refractivity contribution in [2.45, 2.75) is 38.1 Å². The van der Waals surface area contributed by atoms with Gasteiger partial charge in [0.1, 0.15) is 0 Å². The van der Waals surface area contributed by atoms with Crippen LogP contribution in [0, 0.1) is 17.2 Å². The van der Waals surface area contributed by atoms with Crippen LogP contribution in [0.1, 0.15) is 32.1 Å². The lowest BCUT2D eigenvalue weighted by atomic mass is 9.89. The Morgan fingerprint density at radius 1 is 1.42 bits per heavy atom. The minimum absolute atomic E-state index is 0.00435. The number of carbonyl (C=O) groups excluding carboxylic acids is 2. The molecule has 1 saturated heterocycles. The highest BCUT2D eigenvalue weighted by atomic mass is 16.5. The van der Waals surface area contributed by atoms with E-state index in [1.54, 1.807) is 4.90 Å².